The lowest BCUT2D eigenvalue weighted by Gasteiger charge is -2.34. The van der Waals surface area contributed by atoms with Gasteiger partial charge in [-0.1, -0.05) is 12.1 Å². The molecule has 0 radical (unpaired) electrons. The summed E-state index contributed by atoms with van der Waals surface area (Å²) in [7, 11) is 0. The Bertz CT molecular complexity index is 700. The van der Waals surface area contributed by atoms with Crippen LogP contribution in [0, 0.1) is 15.9 Å². The van der Waals surface area contributed by atoms with Crippen molar-refractivity contribution in [1.29, 1.82) is 0 Å². The largest absolute Gasteiger partial charge is 0.297 e. The molecule has 0 spiro atoms. The highest BCUT2D eigenvalue weighted by Crippen LogP contribution is 2.15. The first-order valence-electron chi connectivity index (χ1n) is 7.89. The Labute approximate surface area is 139 Å². The van der Waals surface area contributed by atoms with E-state index in [9.17, 15) is 14.5 Å². The summed E-state index contributed by atoms with van der Waals surface area (Å²) in [5, 5.41) is 10.7. The third-order valence-corrected chi connectivity index (χ3v) is 4.23. The van der Waals surface area contributed by atoms with Gasteiger partial charge in [0.2, 0.25) is 0 Å². The van der Waals surface area contributed by atoms with Crippen molar-refractivity contribution < 1.29 is 9.31 Å². The number of benzene rings is 1. The predicted octanol–water partition coefficient (Wildman–Crippen LogP) is 2.45. The molecule has 0 saturated carbocycles. The molecule has 1 fully saturated rings. The highest BCUT2D eigenvalue weighted by atomic mass is 19.1. The summed E-state index contributed by atoms with van der Waals surface area (Å²) in [6.45, 7) is 4.75. The van der Waals surface area contributed by atoms with Crippen molar-refractivity contribution in [2.24, 2.45) is 0 Å². The van der Waals surface area contributed by atoms with Gasteiger partial charge in [-0.25, -0.2) is 4.39 Å². The van der Waals surface area contributed by atoms with Crippen molar-refractivity contribution in [2.45, 2.75) is 13.1 Å². The molecule has 3 rings (SSSR count). The van der Waals surface area contributed by atoms with Crippen molar-refractivity contribution in [3.8, 4) is 0 Å². The Morgan fingerprint density at radius 3 is 2.25 bits per heavy atom. The van der Waals surface area contributed by atoms with Crippen LogP contribution in [-0.4, -0.2) is 45.9 Å². The Balaban J connectivity index is 1.50. The fraction of sp³-hybridized carbons (Fsp3) is 0.353. The number of non-ortho nitro benzene ring substituents is 1. The molecule has 0 amide bonds. The zero-order valence-electron chi connectivity index (χ0n) is 13.3. The topological polar surface area (TPSA) is 62.5 Å². The van der Waals surface area contributed by atoms with E-state index in [-0.39, 0.29) is 16.4 Å². The second kappa shape index (κ2) is 7.46. The number of rotatable bonds is 5. The van der Waals surface area contributed by atoms with Crippen LogP contribution in [0.1, 0.15) is 11.3 Å². The first-order chi connectivity index (χ1) is 11.6. The summed E-state index contributed by atoms with van der Waals surface area (Å²) in [6.07, 6.45) is 1.61. The van der Waals surface area contributed by atoms with Gasteiger partial charge in [0, 0.05) is 57.6 Å². The average molecular weight is 330 g/mol. The van der Waals surface area contributed by atoms with Crippen LogP contribution in [0.4, 0.5) is 10.1 Å². The van der Waals surface area contributed by atoms with Gasteiger partial charge in [-0.05, 0) is 17.7 Å². The third kappa shape index (κ3) is 4.12. The lowest BCUT2D eigenvalue weighted by atomic mass is 10.2. The summed E-state index contributed by atoms with van der Waals surface area (Å²) < 4.78 is 13.7. The number of hydrogen-bond acceptors (Lipinski definition) is 5. The molecule has 1 aromatic carbocycles. The van der Waals surface area contributed by atoms with Gasteiger partial charge in [-0.2, -0.15) is 0 Å². The minimum absolute atomic E-state index is 0.112. The lowest BCUT2D eigenvalue weighted by Crippen LogP contribution is -2.45. The number of nitro groups is 1. The van der Waals surface area contributed by atoms with E-state index in [1.54, 1.807) is 24.4 Å². The van der Waals surface area contributed by atoms with Gasteiger partial charge in [0.1, 0.15) is 5.82 Å². The number of aromatic nitrogens is 1. The van der Waals surface area contributed by atoms with E-state index in [2.05, 4.69) is 14.8 Å². The van der Waals surface area contributed by atoms with Gasteiger partial charge < -0.3 is 0 Å². The first kappa shape index (κ1) is 16.5. The van der Waals surface area contributed by atoms with Crippen molar-refractivity contribution in [3.63, 3.8) is 0 Å². The van der Waals surface area contributed by atoms with Gasteiger partial charge in [-0.15, -0.1) is 0 Å². The molecule has 2 heterocycles. The van der Waals surface area contributed by atoms with E-state index >= 15 is 0 Å². The smallest absolute Gasteiger partial charge is 0.269 e. The van der Waals surface area contributed by atoms with E-state index in [0.717, 1.165) is 38.3 Å². The molecule has 1 aromatic heterocycles. The Morgan fingerprint density at radius 2 is 1.67 bits per heavy atom. The molecule has 0 N–H and O–H groups in total. The molecule has 0 atom stereocenters. The maximum atomic E-state index is 13.7. The zero-order chi connectivity index (χ0) is 16.9. The summed E-state index contributed by atoms with van der Waals surface area (Å²) in [4.78, 5) is 18.9. The van der Waals surface area contributed by atoms with Gasteiger partial charge >= 0.3 is 0 Å². The number of nitrogens with zero attached hydrogens (tertiary/aromatic N) is 4. The van der Waals surface area contributed by atoms with Crippen LogP contribution >= 0.6 is 0 Å². The first-order valence-corrected chi connectivity index (χ1v) is 7.89. The lowest BCUT2D eigenvalue weighted by molar-refractivity contribution is -0.384. The fourth-order valence-electron chi connectivity index (χ4n) is 2.83. The molecular weight excluding hydrogens is 311 g/mol. The quantitative estimate of drug-likeness (QED) is 0.622. The highest BCUT2D eigenvalue weighted by Gasteiger charge is 2.18. The molecule has 0 bridgehead atoms. The molecule has 24 heavy (non-hydrogen) atoms. The van der Waals surface area contributed by atoms with Crippen LogP contribution in [0.15, 0.2) is 42.6 Å². The highest BCUT2D eigenvalue weighted by molar-refractivity contribution is 5.32. The second-order valence-electron chi connectivity index (χ2n) is 5.91. The Kier molecular flexibility index (Phi) is 5.12. The Morgan fingerprint density at radius 1 is 1.04 bits per heavy atom. The molecule has 6 nitrogen and oxygen atoms in total. The van der Waals surface area contributed by atoms with E-state index < -0.39 is 0 Å². The van der Waals surface area contributed by atoms with Gasteiger partial charge in [0.25, 0.3) is 5.69 Å². The number of pyridine rings is 1. The normalized spacial score (nSPS) is 16.2. The molecule has 1 aliphatic rings. The maximum absolute atomic E-state index is 13.7. The van der Waals surface area contributed by atoms with Crippen LogP contribution < -0.4 is 0 Å². The molecule has 0 unspecified atom stereocenters. The van der Waals surface area contributed by atoms with Crippen LogP contribution in [0.25, 0.3) is 0 Å². The van der Waals surface area contributed by atoms with Gasteiger partial charge in [0.05, 0.1) is 10.6 Å². The summed E-state index contributed by atoms with van der Waals surface area (Å²) in [5.74, 6) is -0.259. The van der Waals surface area contributed by atoms with Crippen LogP contribution in [0.2, 0.25) is 0 Å². The van der Waals surface area contributed by atoms with Gasteiger partial charge in [0.15, 0.2) is 0 Å². The summed E-state index contributed by atoms with van der Waals surface area (Å²) in [5.41, 5.74) is 1.66. The molecule has 1 aliphatic heterocycles. The van der Waals surface area contributed by atoms with Crippen LogP contribution in [0.3, 0.4) is 0 Å². The van der Waals surface area contributed by atoms with Crippen LogP contribution in [0.5, 0.6) is 0 Å². The number of nitro benzene ring substituents is 1. The van der Waals surface area contributed by atoms with E-state index in [0.29, 0.717) is 12.2 Å². The third-order valence-electron chi connectivity index (χ3n) is 4.23. The van der Waals surface area contributed by atoms with Gasteiger partial charge in [-0.3, -0.25) is 24.9 Å². The Hall–Kier alpha value is -2.38. The minimum atomic E-state index is -0.390. The summed E-state index contributed by atoms with van der Waals surface area (Å²) in [6, 6.07) is 9.71. The number of halogens is 1. The molecule has 7 heteroatoms. The monoisotopic (exact) mass is 330 g/mol. The second-order valence-corrected chi connectivity index (χ2v) is 5.91. The average Bonchev–Trinajstić information content (AvgIpc) is 2.59. The van der Waals surface area contributed by atoms with E-state index in [1.807, 2.05) is 0 Å². The van der Waals surface area contributed by atoms with Crippen molar-refractivity contribution in [3.05, 3.63) is 69.8 Å². The number of piperazine rings is 1. The number of hydrogen-bond donors (Lipinski definition) is 0. The van der Waals surface area contributed by atoms with E-state index in [1.165, 1.54) is 18.2 Å². The molecule has 0 aliphatic carbocycles. The van der Waals surface area contributed by atoms with Crippen molar-refractivity contribution >= 4 is 5.69 Å². The fourth-order valence-corrected chi connectivity index (χ4v) is 2.83. The van der Waals surface area contributed by atoms with E-state index in [4.69, 9.17) is 0 Å². The minimum Gasteiger partial charge on any atom is -0.297 e. The maximum Gasteiger partial charge on any atom is 0.269 e. The standard InChI is InChI=1S/C17H19FN4O2/c18-16-2-1-7-19-17(16)13-21-10-8-20(9-11-21)12-14-3-5-15(6-4-14)22(23)24/h1-7H,8-13H2. The molecule has 126 valence electrons. The zero-order valence-corrected chi connectivity index (χ0v) is 13.3. The van der Waals surface area contributed by atoms with Crippen molar-refractivity contribution in [1.82, 2.24) is 14.8 Å². The SMILES string of the molecule is O=[N+]([O-])c1ccc(CN2CCN(Cc3ncccc3F)CC2)cc1. The molecular formula is C17H19FN4O2. The molecule has 1 saturated heterocycles. The summed E-state index contributed by atoms with van der Waals surface area (Å²) >= 11 is 0. The van der Waals surface area contributed by atoms with Crippen LogP contribution in [-0.2, 0) is 13.1 Å². The predicted molar refractivity (Wildman–Crippen MR) is 87.8 cm³/mol. The molecule has 2 aromatic rings. The van der Waals surface area contributed by atoms with Crippen molar-refractivity contribution in [2.75, 3.05) is 26.2 Å².